The molecule has 1 unspecified atom stereocenters. The summed E-state index contributed by atoms with van der Waals surface area (Å²) in [4.78, 5) is 42.1. The molecule has 2 N–H and O–H groups in total. The van der Waals surface area contributed by atoms with E-state index in [1.165, 1.54) is 0 Å². The Balaban J connectivity index is 4.42. The van der Waals surface area contributed by atoms with Gasteiger partial charge in [0.1, 0.15) is 12.8 Å². The second-order valence-corrected chi connectivity index (χ2v) is 5.72. The van der Waals surface area contributed by atoms with Crippen LogP contribution in [0.25, 0.3) is 0 Å². The van der Waals surface area contributed by atoms with E-state index in [0.29, 0.717) is 0 Å². The van der Waals surface area contributed by atoms with Crippen LogP contribution in [0, 0.1) is 0 Å². The van der Waals surface area contributed by atoms with E-state index < -0.39 is 57.9 Å². The molecule has 1 atom stereocenters. The molecule has 0 spiro atoms. The van der Waals surface area contributed by atoms with Gasteiger partial charge in [0.15, 0.2) is 5.94 Å². The van der Waals surface area contributed by atoms with Gasteiger partial charge in [0.05, 0.1) is 0 Å². The van der Waals surface area contributed by atoms with Crippen molar-refractivity contribution in [1.82, 2.24) is 0 Å². The van der Waals surface area contributed by atoms with Crippen LogP contribution in [-0.4, -0.2) is 53.9 Å². The van der Waals surface area contributed by atoms with Gasteiger partial charge in [0.25, 0.3) is 0 Å². The molecule has 11 heteroatoms. The fourth-order valence-corrected chi connectivity index (χ4v) is 1.58. The van der Waals surface area contributed by atoms with Crippen molar-refractivity contribution in [2.75, 3.05) is 5.94 Å². The minimum absolute atomic E-state index is 0.945. The van der Waals surface area contributed by atoms with Crippen LogP contribution in [0.15, 0.2) is 0 Å². The first-order valence-corrected chi connectivity index (χ1v) is 6.76. The number of carboxylic acid groups (broad SMARTS) is 2. The highest BCUT2D eigenvalue weighted by atomic mass is 32.2. The number of rotatable bonds is 8. The van der Waals surface area contributed by atoms with Gasteiger partial charge in [-0.05, 0) is 6.92 Å². The van der Waals surface area contributed by atoms with Gasteiger partial charge in [-0.25, -0.2) is 8.42 Å². The minimum Gasteiger partial charge on any atom is -0.481 e. The molecule has 0 fully saturated rings. The first kappa shape index (κ1) is 17.8. The van der Waals surface area contributed by atoms with Crippen LogP contribution >= 0.6 is 0 Å². The maximum atomic E-state index is 11.5. The van der Waals surface area contributed by atoms with E-state index in [1.54, 1.807) is 0 Å². The highest BCUT2D eigenvalue weighted by Gasteiger charge is 2.27. The van der Waals surface area contributed by atoms with Crippen molar-refractivity contribution >= 4 is 33.7 Å². The van der Waals surface area contributed by atoms with E-state index in [-0.39, 0.29) is 0 Å². The molecule has 20 heavy (non-hydrogen) atoms. The van der Waals surface area contributed by atoms with Crippen molar-refractivity contribution in [3.8, 4) is 0 Å². The van der Waals surface area contributed by atoms with Gasteiger partial charge in [-0.3, -0.25) is 19.2 Å². The fourth-order valence-electron chi connectivity index (χ4n) is 0.842. The molecule has 0 aliphatic heterocycles. The highest BCUT2D eigenvalue weighted by Crippen LogP contribution is 2.06. The lowest BCUT2D eigenvalue weighted by Gasteiger charge is -2.13. The molecule has 0 bridgehead atoms. The number of carbonyl (C=O) groups is 4. The van der Waals surface area contributed by atoms with E-state index >= 15 is 0 Å². The van der Waals surface area contributed by atoms with Crippen LogP contribution in [-0.2, 0) is 38.5 Å². The van der Waals surface area contributed by atoms with Gasteiger partial charge in [0.2, 0.25) is 15.3 Å². The molecular weight excluding hydrogens is 300 g/mol. The predicted octanol–water partition coefficient (Wildman–Crippen LogP) is -1.26. The van der Waals surface area contributed by atoms with Gasteiger partial charge in [0, 0.05) is 0 Å². The quantitative estimate of drug-likeness (QED) is 0.408. The molecule has 0 saturated carbocycles. The van der Waals surface area contributed by atoms with E-state index in [0.717, 1.165) is 6.92 Å². The average Bonchev–Trinajstić information content (AvgIpc) is 2.24. The molecule has 10 nitrogen and oxygen atoms in total. The highest BCUT2D eigenvalue weighted by molar-refractivity contribution is 7.91. The predicted molar refractivity (Wildman–Crippen MR) is 59.9 cm³/mol. The molecule has 0 aliphatic rings. The molecule has 114 valence electrons. The SMILES string of the molecule is CC(OC(=O)CC(=O)O)S(=O)(=O)COC(=O)CC(=O)O. The van der Waals surface area contributed by atoms with Crippen LogP contribution < -0.4 is 0 Å². The lowest BCUT2D eigenvalue weighted by atomic mass is 10.4. The molecule has 0 radical (unpaired) electrons. The Morgan fingerprint density at radius 2 is 1.45 bits per heavy atom. The molecule has 0 aromatic rings. The van der Waals surface area contributed by atoms with Crippen molar-refractivity contribution in [2.45, 2.75) is 25.2 Å². The molecule has 0 saturated heterocycles. The van der Waals surface area contributed by atoms with Crippen LogP contribution in [0.2, 0.25) is 0 Å². The molecule has 0 amide bonds. The Labute approximate surface area is 113 Å². The zero-order valence-corrected chi connectivity index (χ0v) is 11.1. The van der Waals surface area contributed by atoms with Crippen molar-refractivity contribution in [2.24, 2.45) is 0 Å². The Morgan fingerprint density at radius 1 is 1.00 bits per heavy atom. The summed E-state index contributed by atoms with van der Waals surface area (Å²) in [5.41, 5.74) is -1.73. The monoisotopic (exact) mass is 312 g/mol. The third-order valence-corrected chi connectivity index (χ3v) is 3.33. The summed E-state index contributed by atoms with van der Waals surface area (Å²) >= 11 is 0. The minimum atomic E-state index is -4.19. The lowest BCUT2D eigenvalue weighted by Crippen LogP contribution is -2.29. The van der Waals surface area contributed by atoms with Gasteiger partial charge < -0.3 is 19.7 Å². The third-order valence-electron chi connectivity index (χ3n) is 1.78. The topological polar surface area (TPSA) is 161 Å². The summed E-state index contributed by atoms with van der Waals surface area (Å²) in [6, 6.07) is 0. The normalized spacial score (nSPS) is 12.2. The molecule has 0 aliphatic carbocycles. The Bertz CT molecular complexity index is 505. The zero-order valence-electron chi connectivity index (χ0n) is 10.3. The standard InChI is InChI=1S/C9H12O10S/c1-5(19-9(15)3-7(12)13)20(16,17)4-18-8(14)2-6(10)11/h5H,2-4H2,1H3,(H,10,11)(H,12,13). The van der Waals surface area contributed by atoms with Gasteiger partial charge >= 0.3 is 23.9 Å². The summed E-state index contributed by atoms with van der Waals surface area (Å²) in [6.07, 6.45) is -2.03. The van der Waals surface area contributed by atoms with E-state index in [9.17, 15) is 27.6 Å². The smallest absolute Gasteiger partial charge is 0.318 e. The van der Waals surface area contributed by atoms with Crippen molar-refractivity contribution in [3.63, 3.8) is 0 Å². The number of ether oxygens (including phenoxy) is 2. The number of aliphatic carboxylic acids is 2. The molecule has 0 rings (SSSR count). The maximum absolute atomic E-state index is 11.5. The zero-order chi connectivity index (χ0) is 15.9. The summed E-state index contributed by atoms with van der Waals surface area (Å²) < 4.78 is 31.5. The number of carbonyl (C=O) groups excluding carboxylic acids is 2. The number of sulfone groups is 1. The Hall–Kier alpha value is -2.17. The summed E-state index contributed by atoms with van der Waals surface area (Å²) in [5, 5.41) is 16.5. The molecule has 0 aromatic carbocycles. The van der Waals surface area contributed by atoms with Crippen LogP contribution in [0.1, 0.15) is 19.8 Å². The lowest BCUT2D eigenvalue weighted by molar-refractivity contribution is -0.152. The first-order valence-electron chi connectivity index (χ1n) is 5.05. The van der Waals surface area contributed by atoms with Crippen molar-refractivity contribution in [1.29, 1.82) is 0 Å². The largest absolute Gasteiger partial charge is 0.481 e. The first-order chi connectivity index (χ1) is 9.04. The van der Waals surface area contributed by atoms with E-state index in [4.69, 9.17) is 10.2 Å². The van der Waals surface area contributed by atoms with Crippen LogP contribution in [0.4, 0.5) is 0 Å². The van der Waals surface area contributed by atoms with Crippen molar-refractivity contribution in [3.05, 3.63) is 0 Å². The Kier molecular flexibility index (Phi) is 6.62. The van der Waals surface area contributed by atoms with Gasteiger partial charge in [-0.2, -0.15) is 0 Å². The second-order valence-electron chi connectivity index (χ2n) is 3.50. The number of hydrogen-bond donors (Lipinski definition) is 2. The van der Waals surface area contributed by atoms with Crippen molar-refractivity contribution < 1.29 is 47.3 Å². The van der Waals surface area contributed by atoms with Crippen LogP contribution in [0.3, 0.4) is 0 Å². The number of carboxylic acids is 2. The maximum Gasteiger partial charge on any atom is 0.318 e. The van der Waals surface area contributed by atoms with Gasteiger partial charge in [-0.15, -0.1) is 0 Å². The fraction of sp³-hybridized carbons (Fsp3) is 0.556. The summed E-state index contributed by atoms with van der Waals surface area (Å²) in [6.45, 7) is 0.945. The average molecular weight is 312 g/mol. The Morgan fingerprint density at radius 3 is 1.90 bits per heavy atom. The third kappa shape index (κ3) is 7.31. The number of hydrogen-bond acceptors (Lipinski definition) is 8. The van der Waals surface area contributed by atoms with Gasteiger partial charge in [-0.1, -0.05) is 0 Å². The molecular formula is C9H12O10S. The number of esters is 2. The van der Waals surface area contributed by atoms with E-state index in [1.807, 2.05) is 0 Å². The summed E-state index contributed by atoms with van der Waals surface area (Å²) in [7, 11) is -4.19. The molecule has 0 aromatic heterocycles. The van der Waals surface area contributed by atoms with E-state index in [2.05, 4.69) is 9.47 Å². The summed E-state index contributed by atoms with van der Waals surface area (Å²) in [5.74, 6) is -6.71. The van der Waals surface area contributed by atoms with Crippen LogP contribution in [0.5, 0.6) is 0 Å². The molecule has 0 heterocycles. The second kappa shape index (κ2) is 7.43.